The van der Waals surface area contributed by atoms with E-state index >= 15 is 0 Å². The van der Waals surface area contributed by atoms with Crippen LogP contribution in [0.15, 0.2) is 24.3 Å². The Hall–Kier alpha value is -0.860. The van der Waals surface area contributed by atoms with Crippen LogP contribution in [0.2, 0.25) is 0 Å². The Morgan fingerprint density at radius 1 is 1.29 bits per heavy atom. The first-order chi connectivity index (χ1) is 6.74. The van der Waals surface area contributed by atoms with E-state index in [0.717, 1.165) is 0 Å². The first-order valence-electron chi connectivity index (χ1n) is 4.89. The van der Waals surface area contributed by atoms with Crippen LogP contribution in [0.4, 0.5) is 0 Å². The zero-order valence-corrected chi connectivity index (χ0v) is 9.12. The van der Waals surface area contributed by atoms with Crippen LogP contribution in [-0.4, -0.2) is 19.8 Å². The third-order valence-corrected chi connectivity index (χ3v) is 2.19. The van der Waals surface area contributed by atoms with E-state index in [-0.39, 0.29) is 6.10 Å². The van der Waals surface area contributed by atoms with Crippen molar-refractivity contribution < 1.29 is 9.47 Å². The first kappa shape index (κ1) is 11.2. The van der Waals surface area contributed by atoms with Gasteiger partial charge in [0, 0.05) is 7.11 Å². The highest BCUT2D eigenvalue weighted by Gasteiger charge is 2.02. The van der Waals surface area contributed by atoms with E-state index in [2.05, 4.69) is 19.1 Å². The normalized spacial score (nSPS) is 12.8. The van der Waals surface area contributed by atoms with Gasteiger partial charge in [0.2, 0.25) is 0 Å². The summed E-state index contributed by atoms with van der Waals surface area (Å²) in [5.41, 5.74) is 2.52. The molecule has 1 aromatic carbocycles. The molecule has 0 radical (unpaired) electrons. The highest BCUT2D eigenvalue weighted by molar-refractivity contribution is 5.24. The summed E-state index contributed by atoms with van der Waals surface area (Å²) < 4.78 is 10.6. The van der Waals surface area contributed by atoms with E-state index in [4.69, 9.17) is 9.47 Å². The molecule has 14 heavy (non-hydrogen) atoms. The van der Waals surface area contributed by atoms with Gasteiger partial charge in [0.25, 0.3) is 0 Å². The molecule has 1 unspecified atom stereocenters. The second-order valence-electron chi connectivity index (χ2n) is 3.50. The average molecular weight is 194 g/mol. The van der Waals surface area contributed by atoms with Gasteiger partial charge in [0.1, 0.15) is 0 Å². The quantitative estimate of drug-likeness (QED) is 0.717. The Kier molecular flexibility index (Phi) is 4.63. The highest BCUT2D eigenvalue weighted by atomic mass is 16.5. The molecule has 0 saturated carbocycles. The molecule has 0 aromatic heterocycles. The molecule has 0 fully saturated rings. The maximum Gasteiger partial charge on any atom is 0.0784 e. The van der Waals surface area contributed by atoms with E-state index in [1.54, 1.807) is 7.11 Å². The van der Waals surface area contributed by atoms with E-state index in [0.29, 0.717) is 13.2 Å². The lowest BCUT2D eigenvalue weighted by Crippen LogP contribution is -2.14. The Bertz CT molecular complexity index is 271. The second-order valence-corrected chi connectivity index (χ2v) is 3.50. The smallest absolute Gasteiger partial charge is 0.0784 e. The minimum absolute atomic E-state index is 0.152. The number of rotatable bonds is 5. The van der Waals surface area contributed by atoms with Crippen molar-refractivity contribution in [2.24, 2.45) is 0 Å². The Morgan fingerprint density at radius 2 is 2.00 bits per heavy atom. The molecule has 1 aromatic rings. The molecule has 1 rings (SSSR count). The molecule has 0 N–H and O–H groups in total. The highest BCUT2D eigenvalue weighted by Crippen LogP contribution is 2.09. The maximum absolute atomic E-state index is 5.62. The summed E-state index contributed by atoms with van der Waals surface area (Å²) >= 11 is 0. The number of methoxy groups -OCH3 is 1. The van der Waals surface area contributed by atoms with Crippen LogP contribution in [-0.2, 0) is 16.1 Å². The van der Waals surface area contributed by atoms with E-state index < -0.39 is 0 Å². The molecule has 0 heterocycles. The van der Waals surface area contributed by atoms with Crippen molar-refractivity contribution in [3.05, 3.63) is 35.4 Å². The number of aryl methyl sites for hydroxylation is 1. The van der Waals surface area contributed by atoms with Gasteiger partial charge in [-0.05, 0) is 25.0 Å². The van der Waals surface area contributed by atoms with Crippen LogP contribution in [0.5, 0.6) is 0 Å². The molecule has 0 saturated heterocycles. The minimum atomic E-state index is 0.152. The monoisotopic (exact) mass is 194 g/mol. The van der Waals surface area contributed by atoms with Gasteiger partial charge >= 0.3 is 0 Å². The zero-order chi connectivity index (χ0) is 10.4. The van der Waals surface area contributed by atoms with Gasteiger partial charge in [-0.1, -0.05) is 24.3 Å². The van der Waals surface area contributed by atoms with Crippen molar-refractivity contribution in [3.8, 4) is 0 Å². The summed E-state index contributed by atoms with van der Waals surface area (Å²) in [5.74, 6) is 0. The molecule has 0 aliphatic rings. The van der Waals surface area contributed by atoms with Gasteiger partial charge < -0.3 is 9.47 Å². The number of hydrogen-bond acceptors (Lipinski definition) is 2. The maximum atomic E-state index is 5.62. The van der Waals surface area contributed by atoms with Crippen LogP contribution in [0.25, 0.3) is 0 Å². The summed E-state index contributed by atoms with van der Waals surface area (Å²) in [7, 11) is 1.69. The van der Waals surface area contributed by atoms with E-state index in [1.165, 1.54) is 11.1 Å². The fourth-order valence-corrected chi connectivity index (χ4v) is 1.29. The van der Waals surface area contributed by atoms with Crippen molar-refractivity contribution in [1.82, 2.24) is 0 Å². The summed E-state index contributed by atoms with van der Waals surface area (Å²) in [5, 5.41) is 0. The number of hydrogen-bond donors (Lipinski definition) is 0. The van der Waals surface area contributed by atoms with Crippen molar-refractivity contribution in [2.45, 2.75) is 26.6 Å². The predicted molar refractivity (Wildman–Crippen MR) is 57.3 cm³/mol. The molecule has 2 heteroatoms. The molecule has 0 aliphatic heterocycles. The van der Waals surface area contributed by atoms with Gasteiger partial charge in [0.15, 0.2) is 0 Å². The van der Waals surface area contributed by atoms with Gasteiger partial charge in [-0.3, -0.25) is 0 Å². The molecular formula is C12H18O2. The predicted octanol–water partition coefficient (Wildman–Crippen LogP) is 2.55. The SMILES string of the molecule is COCC(C)OCc1ccccc1C. The molecule has 1 atom stereocenters. The molecular weight excluding hydrogens is 176 g/mol. The molecule has 0 aliphatic carbocycles. The van der Waals surface area contributed by atoms with Crippen LogP contribution in [0.3, 0.4) is 0 Å². The minimum Gasteiger partial charge on any atom is -0.382 e. The first-order valence-corrected chi connectivity index (χ1v) is 4.89. The molecule has 2 nitrogen and oxygen atoms in total. The van der Waals surface area contributed by atoms with Gasteiger partial charge in [0.05, 0.1) is 19.3 Å². The molecule has 0 amide bonds. The van der Waals surface area contributed by atoms with Crippen molar-refractivity contribution in [3.63, 3.8) is 0 Å². The molecule has 78 valence electrons. The topological polar surface area (TPSA) is 18.5 Å². The summed E-state index contributed by atoms with van der Waals surface area (Å²) in [6.45, 7) is 5.42. The van der Waals surface area contributed by atoms with Crippen LogP contribution >= 0.6 is 0 Å². The van der Waals surface area contributed by atoms with Gasteiger partial charge in [-0.2, -0.15) is 0 Å². The van der Waals surface area contributed by atoms with Crippen molar-refractivity contribution in [2.75, 3.05) is 13.7 Å². The summed E-state index contributed by atoms with van der Waals surface area (Å²) in [6.07, 6.45) is 0.152. The standard InChI is InChI=1S/C12H18O2/c1-10-6-4-5-7-12(10)9-14-11(2)8-13-3/h4-7,11H,8-9H2,1-3H3. The third kappa shape index (κ3) is 3.48. The molecule has 0 bridgehead atoms. The van der Waals surface area contributed by atoms with Gasteiger partial charge in [-0.25, -0.2) is 0 Å². The van der Waals surface area contributed by atoms with Crippen LogP contribution in [0.1, 0.15) is 18.1 Å². The van der Waals surface area contributed by atoms with Crippen LogP contribution in [0, 0.1) is 6.92 Å². The Balaban J connectivity index is 2.41. The van der Waals surface area contributed by atoms with E-state index in [1.807, 2.05) is 19.1 Å². The lowest BCUT2D eigenvalue weighted by Gasteiger charge is -2.12. The fraction of sp³-hybridized carbons (Fsp3) is 0.500. The molecule has 0 spiro atoms. The average Bonchev–Trinajstić information content (AvgIpc) is 2.17. The summed E-state index contributed by atoms with van der Waals surface area (Å²) in [6, 6.07) is 8.26. The third-order valence-electron chi connectivity index (χ3n) is 2.19. The lowest BCUT2D eigenvalue weighted by atomic mass is 10.1. The largest absolute Gasteiger partial charge is 0.382 e. The van der Waals surface area contributed by atoms with Crippen molar-refractivity contribution in [1.29, 1.82) is 0 Å². The number of ether oxygens (including phenoxy) is 2. The zero-order valence-electron chi connectivity index (χ0n) is 9.12. The second kappa shape index (κ2) is 5.78. The fourth-order valence-electron chi connectivity index (χ4n) is 1.29. The van der Waals surface area contributed by atoms with Crippen LogP contribution < -0.4 is 0 Å². The number of benzene rings is 1. The Labute approximate surface area is 85.8 Å². The summed E-state index contributed by atoms with van der Waals surface area (Å²) in [4.78, 5) is 0. The van der Waals surface area contributed by atoms with E-state index in [9.17, 15) is 0 Å². The Morgan fingerprint density at radius 3 is 2.64 bits per heavy atom. The van der Waals surface area contributed by atoms with Gasteiger partial charge in [-0.15, -0.1) is 0 Å². The van der Waals surface area contributed by atoms with Crippen molar-refractivity contribution >= 4 is 0 Å². The lowest BCUT2D eigenvalue weighted by molar-refractivity contribution is -0.000295.